The summed E-state index contributed by atoms with van der Waals surface area (Å²) in [5, 5.41) is 15.0. The molecule has 4 aromatic rings. The van der Waals surface area contributed by atoms with Crippen molar-refractivity contribution in [2.24, 2.45) is 0 Å². The van der Waals surface area contributed by atoms with Gasteiger partial charge >= 0.3 is 5.97 Å². The first kappa shape index (κ1) is 25.7. The van der Waals surface area contributed by atoms with Crippen LogP contribution >= 0.6 is 0 Å². The van der Waals surface area contributed by atoms with Crippen LogP contribution in [0.1, 0.15) is 66.1 Å². The number of aromatic nitrogens is 2. The molecule has 0 saturated carbocycles. The summed E-state index contributed by atoms with van der Waals surface area (Å²) in [6.07, 6.45) is 1.25. The van der Waals surface area contributed by atoms with E-state index in [2.05, 4.69) is 20.6 Å². The lowest BCUT2D eigenvalue weighted by atomic mass is 10.0. The number of aryl methyl sites for hydroxylation is 2. The van der Waals surface area contributed by atoms with Gasteiger partial charge in [0.25, 0.3) is 11.8 Å². The Balaban J connectivity index is 1.40. The summed E-state index contributed by atoms with van der Waals surface area (Å²) in [7, 11) is 0. The molecule has 5 rings (SSSR count). The highest BCUT2D eigenvalue weighted by Gasteiger charge is 2.26. The smallest absolute Gasteiger partial charge is 0.335 e. The number of hydrogen-bond donors (Lipinski definition) is 3. The molecule has 0 spiro atoms. The first-order chi connectivity index (χ1) is 18.8. The molecule has 1 heterocycles. The lowest BCUT2D eigenvalue weighted by Crippen LogP contribution is -2.29. The molecule has 0 bridgehead atoms. The zero-order valence-corrected chi connectivity index (χ0v) is 21.1. The van der Waals surface area contributed by atoms with Crippen LogP contribution in [0.3, 0.4) is 0 Å². The Hall–Kier alpha value is -4.92. The number of nitrogens with zero attached hydrogens (tertiary/aromatic N) is 2. The van der Waals surface area contributed by atoms with Crippen LogP contribution in [0.5, 0.6) is 0 Å². The molecule has 39 heavy (non-hydrogen) atoms. The Bertz CT molecular complexity index is 1590. The van der Waals surface area contributed by atoms with Gasteiger partial charge in [-0.2, -0.15) is 0 Å². The van der Waals surface area contributed by atoms with Crippen molar-refractivity contribution in [1.82, 2.24) is 20.6 Å². The van der Waals surface area contributed by atoms with E-state index in [0.29, 0.717) is 24.0 Å². The van der Waals surface area contributed by atoms with E-state index in [1.807, 2.05) is 18.2 Å². The molecule has 3 aromatic carbocycles. The average molecular weight is 525 g/mol. The molecule has 3 N–H and O–H groups in total. The highest BCUT2D eigenvalue weighted by molar-refractivity contribution is 5.98. The second kappa shape index (κ2) is 10.8. The van der Waals surface area contributed by atoms with Gasteiger partial charge in [-0.1, -0.05) is 48.5 Å². The van der Waals surface area contributed by atoms with E-state index in [1.54, 1.807) is 43.3 Å². The number of carbonyl (C=O) groups is 3. The monoisotopic (exact) mass is 524 g/mol. The van der Waals surface area contributed by atoms with Gasteiger partial charge < -0.3 is 15.7 Å². The predicted molar refractivity (Wildman–Crippen MR) is 142 cm³/mol. The fourth-order valence-corrected chi connectivity index (χ4v) is 4.62. The second-order valence-electron chi connectivity index (χ2n) is 9.38. The summed E-state index contributed by atoms with van der Waals surface area (Å²) >= 11 is 0. The molecule has 0 radical (unpaired) electrons. The molecule has 1 aliphatic rings. The standard InChI is InChI=1S/C30H25FN4O4/c1-17-13-18(7-11-23(17)31)16-32-28(36)25-15-26(34-27(33-25)19-5-3-2-4-6-19)29(37)35-24-12-9-20-14-21(30(38)39)8-10-22(20)24/h2-8,10-11,13-15,24H,9,12,16H2,1H3,(H,32,36)(H,35,37)(H,38,39)/t24-/m0/s1. The van der Waals surface area contributed by atoms with Crippen LogP contribution in [0.25, 0.3) is 11.4 Å². The van der Waals surface area contributed by atoms with Gasteiger partial charge in [0.2, 0.25) is 0 Å². The molecule has 1 aliphatic carbocycles. The largest absolute Gasteiger partial charge is 0.478 e. The number of benzene rings is 3. The summed E-state index contributed by atoms with van der Waals surface area (Å²) in [5.41, 5.74) is 3.83. The number of carboxylic acid groups (broad SMARTS) is 1. The zero-order valence-electron chi connectivity index (χ0n) is 21.1. The summed E-state index contributed by atoms with van der Waals surface area (Å²) in [6, 6.07) is 19.5. The Labute approximate surface area is 223 Å². The van der Waals surface area contributed by atoms with Crippen LogP contribution in [0.4, 0.5) is 4.39 Å². The fourth-order valence-electron chi connectivity index (χ4n) is 4.62. The first-order valence-corrected chi connectivity index (χ1v) is 12.4. The number of hydrogen-bond acceptors (Lipinski definition) is 5. The predicted octanol–water partition coefficient (Wildman–Crippen LogP) is 4.64. The van der Waals surface area contributed by atoms with Crippen LogP contribution < -0.4 is 10.6 Å². The Morgan fingerprint density at radius 3 is 2.41 bits per heavy atom. The van der Waals surface area contributed by atoms with E-state index in [0.717, 1.165) is 16.7 Å². The van der Waals surface area contributed by atoms with Crippen molar-refractivity contribution in [1.29, 1.82) is 0 Å². The number of nitrogens with one attached hydrogen (secondary N) is 2. The molecular formula is C30H25FN4O4. The van der Waals surface area contributed by atoms with Crippen molar-refractivity contribution in [3.63, 3.8) is 0 Å². The van der Waals surface area contributed by atoms with Crippen LogP contribution in [0, 0.1) is 12.7 Å². The minimum Gasteiger partial charge on any atom is -0.478 e. The molecule has 196 valence electrons. The van der Waals surface area contributed by atoms with E-state index in [4.69, 9.17) is 0 Å². The summed E-state index contributed by atoms with van der Waals surface area (Å²) < 4.78 is 13.6. The van der Waals surface area contributed by atoms with E-state index >= 15 is 0 Å². The second-order valence-corrected chi connectivity index (χ2v) is 9.38. The third-order valence-electron chi connectivity index (χ3n) is 6.67. The quantitative estimate of drug-likeness (QED) is 0.324. The lowest BCUT2D eigenvalue weighted by molar-refractivity contribution is 0.0696. The maximum absolute atomic E-state index is 13.6. The Morgan fingerprint density at radius 1 is 0.949 bits per heavy atom. The number of halogens is 1. The molecule has 1 aromatic heterocycles. The highest BCUT2D eigenvalue weighted by Crippen LogP contribution is 2.32. The molecule has 0 fully saturated rings. The molecule has 0 unspecified atom stereocenters. The number of carbonyl (C=O) groups excluding carboxylic acids is 2. The van der Waals surface area contributed by atoms with Gasteiger partial charge in [-0.05, 0) is 60.2 Å². The summed E-state index contributed by atoms with van der Waals surface area (Å²) in [5.74, 6) is -2.07. The number of aromatic carboxylic acids is 1. The lowest BCUT2D eigenvalue weighted by Gasteiger charge is -2.15. The zero-order chi connectivity index (χ0) is 27.5. The van der Waals surface area contributed by atoms with E-state index in [-0.39, 0.29) is 41.2 Å². The molecule has 0 aliphatic heterocycles. The van der Waals surface area contributed by atoms with Crippen LogP contribution in [0.15, 0.2) is 72.8 Å². The number of fused-ring (bicyclic) bond motifs is 1. The maximum atomic E-state index is 13.6. The van der Waals surface area contributed by atoms with Crippen molar-refractivity contribution < 1.29 is 23.9 Å². The van der Waals surface area contributed by atoms with E-state index in [9.17, 15) is 23.9 Å². The molecule has 1 atom stereocenters. The van der Waals surface area contributed by atoms with Gasteiger partial charge in [0.15, 0.2) is 5.82 Å². The van der Waals surface area contributed by atoms with Gasteiger partial charge in [-0.3, -0.25) is 9.59 Å². The van der Waals surface area contributed by atoms with Crippen LogP contribution in [-0.2, 0) is 13.0 Å². The Morgan fingerprint density at radius 2 is 1.69 bits per heavy atom. The van der Waals surface area contributed by atoms with Gasteiger partial charge in [-0.25, -0.2) is 19.2 Å². The van der Waals surface area contributed by atoms with Gasteiger partial charge in [0.1, 0.15) is 17.2 Å². The topological polar surface area (TPSA) is 121 Å². The first-order valence-electron chi connectivity index (χ1n) is 12.4. The minimum atomic E-state index is -1.000. The normalized spacial score (nSPS) is 13.9. The maximum Gasteiger partial charge on any atom is 0.335 e. The molecular weight excluding hydrogens is 499 g/mol. The van der Waals surface area contributed by atoms with Gasteiger partial charge in [-0.15, -0.1) is 0 Å². The Kier molecular flexibility index (Phi) is 7.14. The van der Waals surface area contributed by atoms with Crippen molar-refractivity contribution in [3.8, 4) is 11.4 Å². The summed E-state index contributed by atoms with van der Waals surface area (Å²) in [6.45, 7) is 1.80. The van der Waals surface area contributed by atoms with Crippen molar-refractivity contribution in [3.05, 3.63) is 118 Å². The molecule has 0 saturated heterocycles. The van der Waals surface area contributed by atoms with E-state index < -0.39 is 17.8 Å². The summed E-state index contributed by atoms with van der Waals surface area (Å²) in [4.78, 5) is 46.5. The van der Waals surface area contributed by atoms with Gasteiger partial charge in [0, 0.05) is 18.2 Å². The molecule has 8 nitrogen and oxygen atoms in total. The average Bonchev–Trinajstić information content (AvgIpc) is 3.35. The number of amides is 2. The molecule has 2 amide bonds. The van der Waals surface area contributed by atoms with Crippen LogP contribution in [-0.4, -0.2) is 32.9 Å². The van der Waals surface area contributed by atoms with Crippen molar-refractivity contribution in [2.45, 2.75) is 32.4 Å². The van der Waals surface area contributed by atoms with Gasteiger partial charge in [0.05, 0.1) is 11.6 Å². The van der Waals surface area contributed by atoms with E-state index in [1.165, 1.54) is 18.2 Å². The highest BCUT2D eigenvalue weighted by atomic mass is 19.1. The third-order valence-corrected chi connectivity index (χ3v) is 6.67. The van der Waals surface area contributed by atoms with Crippen LogP contribution in [0.2, 0.25) is 0 Å². The minimum absolute atomic E-state index is 0.0192. The fraction of sp³-hybridized carbons (Fsp3) is 0.167. The molecule has 9 heteroatoms. The SMILES string of the molecule is Cc1cc(CNC(=O)c2cc(C(=O)N[C@H]3CCc4cc(C(=O)O)ccc43)nc(-c3ccccc3)n2)ccc1F. The number of rotatable bonds is 7. The van der Waals surface area contributed by atoms with Crippen molar-refractivity contribution in [2.75, 3.05) is 0 Å². The number of carboxylic acids is 1. The van der Waals surface area contributed by atoms with Crippen molar-refractivity contribution >= 4 is 17.8 Å². The third kappa shape index (κ3) is 5.67.